The van der Waals surface area contributed by atoms with Gasteiger partial charge in [0.05, 0.1) is 6.10 Å². The Morgan fingerprint density at radius 1 is 1.35 bits per heavy atom. The fourth-order valence-corrected chi connectivity index (χ4v) is 2.58. The smallest absolute Gasteiger partial charge is 0.193 e. The first-order valence-electron chi connectivity index (χ1n) is 5.99. The molecule has 0 saturated heterocycles. The lowest BCUT2D eigenvalue weighted by Crippen LogP contribution is -2.48. The van der Waals surface area contributed by atoms with Crippen LogP contribution in [-0.4, -0.2) is 31.9 Å². The van der Waals surface area contributed by atoms with Crippen LogP contribution in [0.5, 0.6) is 0 Å². The van der Waals surface area contributed by atoms with Crippen LogP contribution in [0.4, 0.5) is 0 Å². The normalized spacial score (nSPS) is 30.4. The van der Waals surface area contributed by atoms with Crippen molar-refractivity contribution in [2.75, 3.05) is 0 Å². The van der Waals surface area contributed by atoms with E-state index in [1.165, 1.54) is 0 Å². The summed E-state index contributed by atoms with van der Waals surface area (Å²) in [5.41, 5.74) is 0. The van der Waals surface area contributed by atoms with Crippen molar-refractivity contribution in [3.05, 3.63) is 24.8 Å². The largest absolute Gasteiger partial charge is 0.405 e. The maximum absolute atomic E-state index is 9.88. The molecule has 0 aromatic rings. The standard InChI is InChI=1S/C13H24O3Si/c1-7-10-8-9-11(12(14)15-10)16-17(5,6)13(2,3)4/h7-12,14H,1H2,2-6H3/t10-,11-,12?/m0/s1. The molecular weight excluding hydrogens is 232 g/mol. The van der Waals surface area contributed by atoms with Gasteiger partial charge in [0, 0.05) is 0 Å². The van der Waals surface area contributed by atoms with Crippen molar-refractivity contribution in [3.8, 4) is 0 Å². The van der Waals surface area contributed by atoms with E-state index in [-0.39, 0.29) is 17.2 Å². The quantitative estimate of drug-likeness (QED) is 0.623. The van der Waals surface area contributed by atoms with E-state index in [4.69, 9.17) is 9.16 Å². The summed E-state index contributed by atoms with van der Waals surface area (Å²) in [6, 6.07) is 0. The molecule has 4 heteroatoms. The van der Waals surface area contributed by atoms with Crippen LogP contribution >= 0.6 is 0 Å². The van der Waals surface area contributed by atoms with Crippen molar-refractivity contribution in [1.82, 2.24) is 0 Å². The van der Waals surface area contributed by atoms with Crippen LogP contribution in [0.3, 0.4) is 0 Å². The maximum Gasteiger partial charge on any atom is 0.193 e. The molecular formula is C13H24O3Si. The first-order valence-corrected chi connectivity index (χ1v) is 8.90. The molecule has 17 heavy (non-hydrogen) atoms. The molecule has 0 spiro atoms. The average Bonchev–Trinajstić information content (AvgIpc) is 2.19. The van der Waals surface area contributed by atoms with Gasteiger partial charge in [-0.1, -0.05) is 39.0 Å². The van der Waals surface area contributed by atoms with E-state index in [1.54, 1.807) is 6.08 Å². The zero-order chi connectivity index (χ0) is 13.3. The van der Waals surface area contributed by atoms with Crippen LogP contribution < -0.4 is 0 Å². The fourth-order valence-electron chi connectivity index (χ4n) is 1.35. The number of aliphatic hydroxyl groups excluding tert-OH is 1. The van der Waals surface area contributed by atoms with Gasteiger partial charge in [-0.25, -0.2) is 0 Å². The Morgan fingerprint density at radius 2 is 1.94 bits per heavy atom. The zero-order valence-electron chi connectivity index (χ0n) is 11.4. The van der Waals surface area contributed by atoms with Crippen molar-refractivity contribution >= 4 is 8.32 Å². The molecule has 0 saturated carbocycles. The molecule has 1 aliphatic rings. The van der Waals surface area contributed by atoms with Crippen LogP contribution in [0.1, 0.15) is 20.8 Å². The second kappa shape index (κ2) is 5.06. The molecule has 0 aromatic carbocycles. The topological polar surface area (TPSA) is 38.7 Å². The van der Waals surface area contributed by atoms with E-state index >= 15 is 0 Å². The summed E-state index contributed by atoms with van der Waals surface area (Å²) in [4.78, 5) is 0. The van der Waals surface area contributed by atoms with E-state index in [9.17, 15) is 5.11 Å². The molecule has 0 amide bonds. The molecule has 0 aromatic heterocycles. The van der Waals surface area contributed by atoms with Gasteiger partial charge in [0.15, 0.2) is 14.6 Å². The number of ether oxygens (including phenoxy) is 1. The van der Waals surface area contributed by atoms with Crippen LogP contribution in [-0.2, 0) is 9.16 Å². The van der Waals surface area contributed by atoms with E-state index in [0.717, 1.165) is 0 Å². The highest BCUT2D eigenvalue weighted by Crippen LogP contribution is 2.38. The van der Waals surface area contributed by atoms with E-state index < -0.39 is 14.6 Å². The summed E-state index contributed by atoms with van der Waals surface area (Å²) in [5.74, 6) is 0. The van der Waals surface area contributed by atoms with Gasteiger partial charge in [0.2, 0.25) is 0 Å². The molecule has 3 nitrogen and oxygen atoms in total. The molecule has 1 N–H and O–H groups in total. The monoisotopic (exact) mass is 256 g/mol. The number of rotatable bonds is 3. The third-order valence-electron chi connectivity index (χ3n) is 3.54. The van der Waals surface area contributed by atoms with Crippen molar-refractivity contribution in [2.24, 2.45) is 0 Å². The summed E-state index contributed by atoms with van der Waals surface area (Å²) in [6.07, 6.45) is 3.91. The summed E-state index contributed by atoms with van der Waals surface area (Å²) >= 11 is 0. The molecule has 0 aliphatic carbocycles. The molecule has 0 radical (unpaired) electrons. The Morgan fingerprint density at radius 3 is 2.35 bits per heavy atom. The van der Waals surface area contributed by atoms with Crippen LogP contribution in [0, 0.1) is 0 Å². The number of hydrogen-bond acceptors (Lipinski definition) is 3. The van der Waals surface area contributed by atoms with Gasteiger partial charge in [-0.3, -0.25) is 0 Å². The minimum atomic E-state index is -1.88. The van der Waals surface area contributed by atoms with Crippen molar-refractivity contribution in [1.29, 1.82) is 0 Å². The third-order valence-corrected chi connectivity index (χ3v) is 8.01. The number of hydrogen-bond donors (Lipinski definition) is 1. The summed E-state index contributed by atoms with van der Waals surface area (Å²) in [6.45, 7) is 14.5. The predicted molar refractivity (Wildman–Crippen MR) is 72.3 cm³/mol. The molecule has 0 bridgehead atoms. The lowest BCUT2D eigenvalue weighted by molar-refractivity contribution is -0.159. The van der Waals surface area contributed by atoms with Gasteiger partial charge in [-0.2, -0.15) is 0 Å². The minimum absolute atomic E-state index is 0.121. The minimum Gasteiger partial charge on any atom is -0.405 e. The Balaban J connectivity index is 2.73. The molecule has 1 unspecified atom stereocenters. The highest BCUT2D eigenvalue weighted by Gasteiger charge is 2.41. The Hall–Kier alpha value is -0.423. The molecule has 0 fully saturated rings. The summed E-state index contributed by atoms with van der Waals surface area (Å²) < 4.78 is 11.4. The van der Waals surface area contributed by atoms with Gasteiger partial charge in [-0.05, 0) is 18.1 Å². The van der Waals surface area contributed by atoms with E-state index in [1.807, 2.05) is 12.2 Å². The fraction of sp³-hybridized carbons (Fsp3) is 0.692. The SMILES string of the molecule is C=C[C@H]1C=C[C@H](O[Si](C)(C)C(C)(C)C)C(O)O1. The number of aliphatic hydroxyl groups is 1. The van der Waals surface area contributed by atoms with Gasteiger partial charge >= 0.3 is 0 Å². The van der Waals surface area contributed by atoms with E-state index in [2.05, 4.69) is 40.4 Å². The average molecular weight is 256 g/mol. The Kier molecular flexibility index (Phi) is 4.36. The summed E-state index contributed by atoms with van der Waals surface area (Å²) in [7, 11) is -1.88. The van der Waals surface area contributed by atoms with Crippen molar-refractivity contribution in [3.63, 3.8) is 0 Å². The van der Waals surface area contributed by atoms with Gasteiger partial charge < -0.3 is 14.3 Å². The van der Waals surface area contributed by atoms with Crippen LogP contribution in [0.2, 0.25) is 18.1 Å². The van der Waals surface area contributed by atoms with Crippen LogP contribution in [0.15, 0.2) is 24.8 Å². The maximum atomic E-state index is 9.88. The van der Waals surface area contributed by atoms with Crippen LogP contribution in [0.25, 0.3) is 0 Å². The molecule has 3 atom stereocenters. The first kappa shape index (κ1) is 14.6. The Labute approximate surface area is 105 Å². The van der Waals surface area contributed by atoms with Gasteiger partial charge in [0.1, 0.15) is 6.10 Å². The molecule has 98 valence electrons. The highest BCUT2D eigenvalue weighted by atomic mass is 28.4. The molecule has 1 rings (SSSR count). The van der Waals surface area contributed by atoms with E-state index in [0.29, 0.717) is 0 Å². The van der Waals surface area contributed by atoms with Gasteiger partial charge in [0.25, 0.3) is 0 Å². The lowest BCUT2D eigenvalue weighted by atomic mass is 10.2. The zero-order valence-corrected chi connectivity index (χ0v) is 12.4. The highest BCUT2D eigenvalue weighted by molar-refractivity contribution is 6.74. The molecule has 1 heterocycles. The van der Waals surface area contributed by atoms with Gasteiger partial charge in [-0.15, -0.1) is 6.58 Å². The predicted octanol–water partition coefficient (Wildman–Crippen LogP) is 2.84. The van der Waals surface area contributed by atoms with Crippen molar-refractivity contribution in [2.45, 2.75) is 57.4 Å². The second-order valence-electron chi connectivity index (χ2n) is 5.95. The Bertz CT molecular complexity index is 304. The lowest BCUT2D eigenvalue weighted by Gasteiger charge is -2.40. The third kappa shape index (κ3) is 3.52. The summed E-state index contributed by atoms with van der Waals surface area (Å²) in [5, 5.41) is 10.00. The molecule has 1 aliphatic heterocycles. The van der Waals surface area contributed by atoms with Crippen molar-refractivity contribution < 1.29 is 14.3 Å². The second-order valence-corrected chi connectivity index (χ2v) is 10.7. The first-order chi connectivity index (χ1) is 7.67.